The molecular formula is C18H13N3O2. The summed E-state index contributed by atoms with van der Waals surface area (Å²) in [6.07, 6.45) is 0. The Labute approximate surface area is 132 Å². The normalized spacial score (nSPS) is 11.0. The molecule has 0 atom stereocenters. The van der Waals surface area contributed by atoms with Crippen molar-refractivity contribution in [1.29, 1.82) is 0 Å². The maximum atomic E-state index is 11.5. The van der Waals surface area contributed by atoms with E-state index in [1.54, 1.807) is 12.1 Å². The maximum Gasteiger partial charge on any atom is 0.337 e. The van der Waals surface area contributed by atoms with Crippen molar-refractivity contribution in [3.63, 3.8) is 0 Å². The van der Waals surface area contributed by atoms with Crippen LogP contribution in [0, 0.1) is 0 Å². The number of rotatable bonds is 2. The number of benzene rings is 2. The summed E-state index contributed by atoms with van der Waals surface area (Å²) in [6.45, 7) is 0. The number of aromatic nitrogens is 3. The number of H-pyrrole nitrogens is 1. The van der Waals surface area contributed by atoms with Crippen LogP contribution < -0.4 is 0 Å². The summed E-state index contributed by atoms with van der Waals surface area (Å²) in [4.78, 5) is 24.0. The molecule has 4 aromatic rings. The largest absolute Gasteiger partial charge is 0.465 e. The van der Waals surface area contributed by atoms with Gasteiger partial charge in [-0.05, 0) is 35.9 Å². The van der Waals surface area contributed by atoms with E-state index < -0.39 is 0 Å². The number of carbonyl (C=O) groups is 1. The van der Waals surface area contributed by atoms with Crippen molar-refractivity contribution in [3.05, 3.63) is 60.2 Å². The Bertz CT molecular complexity index is 967. The number of fused-ring (bicyclic) bond motifs is 2. The quantitative estimate of drug-likeness (QED) is 0.575. The second-order valence-corrected chi connectivity index (χ2v) is 5.20. The molecule has 2 heterocycles. The van der Waals surface area contributed by atoms with Gasteiger partial charge in [-0.25, -0.2) is 14.8 Å². The molecule has 5 heteroatoms. The highest BCUT2D eigenvalue weighted by atomic mass is 16.5. The Hall–Kier alpha value is -3.21. The number of ether oxygens (including phenoxy) is 1. The van der Waals surface area contributed by atoms with E-state index in [1.807, 2.05) is 42.5 Å². The first-order valence-electron chi connectivity index (χ1n) is 7.19. The molecule has 23 heavy (non-hydrogen) atoms. The molecule has 1 N–H and O–H groups in total. The summed E-state index contributed by atoms with van der Waals surface area (Å²) in [6, 6.07) is 17.0. The third-order valence-electron chi connectivity index (χ3n) is 3.75. The number of methoxy groups -OCH3 is 1. The summed E-state index contributed by atoms with van der Waals surface area (Å²) in [5.74, 6) is -0.345. The number of hydrogen-bond donors (Lipinski definition) is 1. The van der Waals surface area contributed by atoms with E-state index in [-0.39, 0.29) is 5.97 Å². The van der Waals surface area contributed by atoms with Gasteiger partial charge in [0.1, 0.15) is 5.52 Å². The zero-order valence-electron chi connectivity index (χ0n) is 12.4. The third-order valence-corrected chi connectivity index (χ3v) is 3.75. The minimum Gasteiger partial charge on any atom is -0.465 e. The molecule has 0 saturated carbocycles. The van der Waals surface area contributed by atoms with Crippen LogP contribution in [-0.4, -0.2) is 28.0 Å². The van der Waals surface area contributed by atoms with Gasteiger partial charge in [-0.2, -0.15) is 0 Å². The molecule has 112 valence electrons. The zero-order valence-corrected chi connectivity index (χ0v) is 12.4. The van der Waals surface area contributed by atoms with Crippen molar-refractivity contribution in [2.75, 3.05) is 7.11 Å². The van der Waals surface area contributed by atoms with Crippen molar-refractivity contribution in [2.24, 2.45) is 0 Å². The van der Waals surface area contributed by atoms with Crippen LogP contribution in [0.2, 0.25) is 0 Å². The molecule has 0 aliphatic rings. The first kappa shape index (κ1) is 13.5. The summed E-state index contributed by atoms with van der Waals surface area (Å²) in [7, 11) is 1.37. The molecule has 0 aliphatic heterocycles. The average molecular weight is 303 g/mol. The van der Waals surface area contributed by atoms with Crippen molar-refractivity contribution in [2.45, 2.75) is 0 Å². The summed E-state index contributed by atoms with van der Waals surface area (Å²) in [5.41, 5.74) is 5.68. The van der Waals surface area contributed by atoms with Crippen LogP contribution in [0.5, 0.6) is 0 Å². The standard InChI is InChI=1S/C18H13N3O2/c1-23-18(22)12-8-6-11(7-9-12)15-10-16-17(21-15)20-14-5-3-2-4-13(14)19-16/h2-10H,1H3,(H,20,21). The fourth-order valence-corrected chi connectivity index (χ4v) is 2.57. The van der Waals surface area contributed by atoms with Gasteiger partial charge in [-0.1, -0.05) is 24.3 Å². The highest BCUT2D eigenvalue weighted by molar-refractivity contribution is 5.91. The van der Waals surface area contributed by atoms with Gasteiger partial charge in [0.2, 0.25) is 0 Å². The fraction of sp³-hybridized carbons (Fsp3) is 0.0556. The molecule has 4 rings (SSSR count). The van der Waals surface area contributed by atoms with Crippen LogP contribution in [0.3, 0.4) is 0 Å². The average Bonchev–Trinajstić information content (AvgIpc) is 3.02. The summed E-state index contributed by atoms with van der Waals surface area (Å²) >= 11 is 0. The predicted molar refractivity (Wildman–Crippen MR) is 88.2 cm³/mol. The van der Waals surface area contributed by atoms with Gasteiger partial charge in [-0.3, -0.25) is 0 Å². The molecular weight excluding hydrogens is 290 g/mol. The molecule has 2 aromatic heterocycles. The van der Waals surface area contributed by atoms with Gasteiger partial charge < -0.3 is 9.72 Å². The van der Waals surface area contributed by atoms with Gasteiger partial charge in [0.25, 0.3) is 0 Å². The number of esters is 1. The third kappa shape index (κ3) is 2.32. The smallest absolute Gasteiger partial charge is 0.337 e. The monoisotopic (exact) mass is 303 g/mol. The van der Waals surface area contributed by atoms with Crippen LogP contribution in [-0.2, 0) is 4.74 Å². The van der Waals surface area contributed by atoms with E-state index in [4.69, 9.17) is 4.74 Å². The molecule has 2 aromatic carbocycles. The molecule has 0 saturated heterocycles. The van der Waals surface area contributed by atoms with Crippen LogP contribution in [0.25, 0.3) is 33.5 Å². The van der Waals surface area contributed by atoms with Crippen molar-refractivity contribution in [3.8, 4) is 11.3 Å². The van der Waals surface area contributed by atoms with Crippen LogP contribution in [0.4, 0.5) is 0 Å². The van der Waals surface area contributed by atoms with Gasteiger partial charge in [0, 0.05) is 5.69 Å². The number of aromatic amines is 1. The van der Waals surface area contributed by atoms with Crippen molar-refractivity contribution < 1.29 is 9.53 Å². The second kappa shape index (κ2) is 5.21. The van der Waals surface area contributed by atoms with Crippen molar-refractivity contribution in [1.82, 2.24) is 15.0 Å². The molecule has 0 unspecified atom stereocenters. The first-order valence-corrected chi connectivity index (χ1v) is 7.19. The Balaban J connectivity index is 1.79. The van der Waals surface area contributed by atoms with E-state index in [2.05, 4.69) is 15.0 Å². The Kier molecular flexibility index (Phi) is 3.05. The predicted octanol–water partition coefficient (Wildman–Crippen LogP) is 3.56. The van der Waals surface area contributed by atoms with Crippen LogP contribution in [0.15, 0.2) is 54.6 Å². The molecule has 0 radical (unpaired) electrons. The number of para-hydroxylation sites is 2. The Morgan fingerprint density at radius 1 is 0.957 bits per heavy atom. The van der Waals surface area contributed by atoms with E-state index in [0.717, 1.165) is 33.5 Å². The summed E-state index contributed by atoms with van der Waals surface area (Å²) < 4.78 is 4.71. The SMILES string of the molecule is COC(=O)c1ccc(-c2cc3nc4ccccc4nc3[nH]2)cc1. The summed E-state index contributed by atoms with van der Waals surface area (Å²) in [5, 5.41) is 0. The molecule has 0 fully saturated rings. The first-order chi connectivity index (χ1) is 11.2. The second-order valence-electron chi connectivity index (χ2n) is 5.20. The lowest BCUT2D eigenvalue weighted by molar-refractivity contribution is 0.0601. The van der Waals surface area contributed by atoms with Gasteiger partial charge in [0.05, 0.1) is 23.7 Å². The lowest BCUT2D eigenvalue weighted by Crippen LogP contribution is -2.00. The highest BCUT2D eigenvalue weighted by Gasteiger charge is 2.09. The lowest BCUT2D eigenvalue weighted by atomic mass is 10.1. The minimum absolute atomic E-state index is 0.345. The minimum atomic E-state index is -0.345. The van der Waals surface area contributed by atoms with Crippen molar-refractivity contribution >= 4 is 28.2 Å². The molecule has 0 spiro atoms. The molecule has 0 aliphatic carbocycles. The number of nitrogens with zero attached hydrogens (tertiary/aromatic N) is 2. The highest BCUT2D eigenvalue weighted by Crippen LogP contribution is 2.24. The Morgan fingerprint density at radius 3 is 2.35 bits per heavy atom. The van der Waals surface area contributed by atoms with Gasteiger partial charge in [0.15, 0.2) is 5.65 Å². The number of nitrogens with one attached hydrogen (secondary N) is 1. The van der Waals surface area contributed by atoms with E-state index in [1.165, 1.54) is 7.11 Å². The zero-order chi connectivity index (χ0) is 15.8. The fourth-order valence-electron chi connectivity index (χ4n) is 2.57. The van der Waals surface area contributed by atoms with Crippen LogP contribution in [0.1, 0.15) is 10.4 Å². The Morgan fingerprint density at radius 2 is 1.65 bits per heavy atom. The molecule has 5 nitrogen and oxygen atoms in total. The van der Waals surface area contributed by atoms with E-state index in [9.17, 15) is 4.79 Å². The maximum absolute atomic E-state index is 11.5. The van der Waals surface area contributed by atoms with Gasteiger partial charge in [-0.15, -0.1) is 0 Å². The van der Waals surface area contributed by atoms with E-state index >= 15 is 0 Å². The topological polar surface area (TPSA) is 67.9 Å². The number of carbonyl (C=O) groups excluding carboxylic acids is 1. The molecule has 0 amide bonds. The molecule has 0 bridgehead atoms. The number of hydrogen-bond acceptors (Lipinski definition) is 4. The van der Waals surface area contributed by atoms with Gasteiger partial charge >= 0.3 is 5.97 Å². The van der Waals surface area contributed by atoms with Crippen LogP contribution >= 0.6 is 0 Å². The lowest BCUT2D eigenvalue weighted by Gasteiger charge is -2.01. The van der Waals surface area contributed by atoms with E-state index in [0.29, 0.717) is 5.56 Å².